The fraction of sp³-hybridized carbons (Fsp3) is 0.238. The van der Waals surface area contributed by atoms with Gasteiger partial charge in [-0.3, -0.25) is 9.59 Å². The Balaban J connectivity index is 1.69. The fourth-order valence-electron chi connectivity index (χ4n) is 3.20. The van der Waals surface area contributed by atoms with E-state index >= 15 is 0 Å². The maximum atomic E-state index is 12.9. The zero-order valence-corrected chi connectivity index (χ0v) is 16.1. The highest BCUT2D eigenvalue weighted by Crippen LogP contribution is 2.39. The van der Waals surface area contributed by atoms with Crippen LogP contribution in [0.1, 0.15) is 34.0 Å². The summed E-state index contributed by atoms with van der Waals surface area (Å²) in [7, 11) is 0. The molecule has 6 nitrogen and oxygen atoms in total. The average Bonchev–Trinajstić information content (AvgIpc) is 2.96. The van der Waals surface area contributed by atoms with Gasteiger partial charge in [0.2, 0.25) is 5.78 Å². The molecule has 0 radical (unpaired) electrons. The molecule has 0 spiro atoms. The van der Waals surface area contributed by atoms with Crippen molar-refractivity contribution in [2.24, 2.45) is 0 Å². The smallest absolute Gasteiger partial charge is 0.232 e. The van der Waals surface area contributed by atoms with Crippen molar-refractivity contribution < 1.29 is 28.5 Å². The van der Waals surface area contributed by atoms with Gasteiger partial charge in [0.05, 0.1) is 12.2 Å². The highest BCUT2D eigenvalue weighted by atomic mass is 35.5. The van der Waals surface area contributed by atoms with E-state index in [1.54, 1.807) is 37.3 Å². The zero-order valence-electron chi connectivity index (χ0n) is 15.3. The van der Waals surface area contributed by atoms with E-state index in [0.29, 0.717) is 45.6 Å². The average molecular weight is 401 g/mol. The van der Waals surface area contributed by atoms with Gasteiger partial charge >= 0.3 is 0 Å². The van der Waals surface area contributed by atoms with E-state index in [0.717, 1.165) is 5.56 Å². The van der Waals surface area contributed by atoms with E-state index in [1.165, 1.54) is 6.92 Å². The van der Waals surface area contributed by atoms with Crippen molar-refractivity contribution in [3.8, 4) is 17.2 Å². The molecule has 0 bridgehead atoms. The maximum absolute atomic E-state index is 12.9. The molecule has 2 aromatic carbocycles. The molecule has 2 aliphatic heterocycles. The lowest BCUT2D eigenvalue weighted by atomic mass is 10.0. The SMILES string of the molecule is CC(=O)COc1cc(C)c2c(c1)O/C(=C\c1cc(Cl)cc3c1OCOC3)C2=O. The molecule has 0 amide bonds. The van der Waals surface area contributed by atoms with E-state index in [1.807, 2.05) is 0 Å². The van der Waals surface area contributed by atoms with Crippen LogP contribution in [0, 0.1) is 6.92 Å². The van der Waals surface area contributed by atoms with Crippen LogP contribution in [0.15, 0.2) is 30.0 Å². The predicted molar refractivity (Wildman–Crippen MR) is 102 cm³/mol. The Morgan fingerprint density at radius 2 is 2.11 bits per heavy atom. The Hall–Kier alpha value is -2.83. The van der Waals surface area contributed by atoms with Gasteiger partial charge in [-0.25, -0.2) is 0 Å². The number of aryl methyl sites for hydroxylation is 1. The van der Waals surface area contributed by atoms with Crippen LogP contribution in [0.5, 0.6) is 17.2 Å². The third kappa shape index (κ3) is 3.48. The van der Waals surface area contributed by atoms with Crippen LogP contribution in [-0.2, 0) is 16.1 Å². The van der Waals surface area contributed by atoms with Crippen molar-refractivity contribution in [2.75, 3.05) is 13.4 Å². The molecule has 0 fully saturated rings. The Kier molecular flexibility index (Phi) is 4.83. The van der Waals surface area contributed by atoms with E-state index < -0.39 is 0 Å². The lowest BCUT2D eigenvalue weighted by Gasteiger charge is -2.20. The number of ketones is 2. The van der Waals surface area contributed by atoms with Crippen LogP contribution in [0.2, 0.25) is 5.02 Å². The van der Waals surface area contributed by atoms with Gasteiger partial charge in [0.15, 0.2) is 18.3 Å². The van der Waals surface area contributed by atoms with Crippen LogP contribution in [0.25, 0.3) is 6.08 Å². The van der Waals surface area contributed by atoms with Crippen LogP contribution in [0.3, 0.4) is 0 Å². The minimum Gasteiger partial charge on any atom is -0.486 e. The molecule has 0 atom stereocenters. The Morgan fingerprint density at radius 3 is 2.89 bits per heavy atom. The van der Waals surface area contributed by atoms with Gasteiger partial charge in [0, 0.05) is 22.2 Å². The van der Waals surface area contributed by atoms with Crippen molar-refractivity contribution >= 4 is 29.2 Å². The quantitative estimate of drug-likeness (QED) is 0.719. The van der Waals surface area contributed by atoms with Gasteiger partial charge in [-0.2, -0.15) is 0 Å². The van der Waals surface area contributed by atoms with Gasteiger partial charge in [0.25, 0.3) is 0 Å². The number of ether oxygens (including phenoxy) is 4. The minimum absolute atomic E-state index is 0.0388. The number of Topliss-reactive ketones (excluding diaryl/α,β-unsaturated/α-hetero) is 2. The van der Waals surface area contributed by atoms with Gasteiger partial charge in [-0.05, 0) is 43.7 Å². The molecule has 4 rings (SSSR count). The summed E-state index contributed by atoms with van der Waals surface area (Å²) >= 11 is 6.19. The first kappa shape index (κ1) is 18.5. The number of benzene rings is 2. The van der Waals surface area contributed by atoms with Crippen LogP contribution < -0.4 is 14.2 Å². The number of hydrogen-bond acceptors (Lipinski definition) is 6. The molecule has 7 heteroatoms. The summed E-state index contributed by atoms with van der Waals surface area (Å²) in [6.45, 7) is 3.72. The predicted octanol–water partition coefficient (Wildman–Crippen LogP) is 4.10. The second-order valence-corrected chi connectivity index (χ2v) is 7.07. The summed E-state index contributed by atoms with van der Waals surface area (Å²) in [6.07, 6.45) is 1.62. The number of fused-ring (bicyclic) bond motifs is 2. The summed E-state index contributed by atoms with van der Waals surface area (Å²) < 4.78 is 22.1. The molecule has 0 N–H and O–H groups in total. The molecular formula is C21H17ClO6. The van der Waals surface area contributed by atoms with E-state index in [4.69, 9.17) is 30.5 Å². The largest absolute Gasteiger partial charge is 0.486 e. The molecule has 0 aliphatic carbocycles. The first-order valence-corrected chi connectivity index (χ1v) is 9.04. The topological polar surface area (TPSA) is 71.1 Å². The van der Waals surface area contributed by atoms with Crippen LogP contribution in [0.4, 0.5) is 0 Å². The van der Waals surface area contributed by atoms with Crippen molar-refractivity contribution in [3.63, 3.8) is 0 Å². The second kappa shape index (κ2) is 7.30. The molecule has 2 heterocycles. The Morgan fingerprint density at radius 1 is 1.29 bits per heavy atom. The lowest BCUT2D eigenvalue weighted by molar-refractivity contribution is -0.118. The highest BCUT2D eigenvalue weighted by Gasteiger charge is 2.30. The number of halogens is 1. The standard InChI is InChI=1S/C21H17ClO6/c1-11-3-16(26-8-12(2)23)7-17-19(11)20(24)18(28-17)6-13-4-15(22)5-14-9-25-10-27-21(13)14/h3-7H,8-10H2,1-2H3/b18-6-. The van der Waals surface area contributed by atoms with E-state index in [2.05, 4.69) is 0 Å². The minimum atomic E-state index is -0.230. The number of rotatable bonds is 4. The molecule has 144 valence electrons. The van der Waals surface area contributed by atoms with Gasteiger partial charge in [-0.1, -0.05) is 11.6 Å². The third-order valence-corrected chi connectivity index (χ3v) is 4.59. The molecular weight excluding hydrogens is 384 g/mol. The van der Waals surface area contributed by atoms with E-state index in [9.17, 15) is 9.59 Å². The Bertz CT molecular complexity index is 1020. The van der Waals surface area contributed by atoms with Crippen molar-refractivity contribution in [2.45, 2.75) is 20.5 Å². The number of carbonyl (C=O) groups excluding carboxylic acids is 2. The van der Waals surface area contributed by atoms with E-state index in [-0.39, 0.29) is 30.7 Å². The molecule has 0 saturated carbocycles. The maximum Gasteiger partial charge on any atom is 0.232 e. The Labute approximate surface area is 166 Å². The number of allylic oxidation sites excluding steroid dienone is 1. The normalized spacial score (nSPS) is 16.2. The zero-order chi connectivity index (χ0) is 19.8. The monoisotopic (exact) mass is 400 g/mol. The summed E-state index contributed by atoms with van der Waals surface area (Å²) in [6, 6.07) is 6.81. The number of carbonyl (C=O) groups is 2. The van der Waals surface area contributed by atoms with Gasteiger partial charge < -0.3 is 18.9 Å². The molecule has 2 aliphatic rings. The van der Waals surface area contributed by atoms with Crippen molar-refractivity contribution in [1.82, 2.24) is 0 Å². The summed E-state index contributed by atoms with van der Waals surface area (Å²) in [5.74, 6) is 1.34. The van der Waals surface area contributed by atoms with Gasteiger partial charge in [-0.15, -0.1) is 0 Å². The third-order valence-electron chi connectivity index (χ3n) is 4.38. The second-order valence-electron chi connectivity index (χ2n) is 6.64. The summed E-state index contributed by atoms with van der Waals surface area (Å²) in [4.78, 5) is 24.0. The molecule has 0 aromatic heterocycles. The first-order valence-electron chi connectivity index (χ1n) is 8.66. The number of hydrogen-bond donors (Lipinski definition) is 0. The fourth-order valence-corrected chi connectivity index (χ4v) is 3.45. The molecule has 0 unspecified atom stereocenters. The van der Waals surface area contributed by atoms with Crippen molar-refractivity contribution in [1.29, 1.82) is 0 Å². The van der Waals surface area contributed by atoms with Crippen molar-refractivity contribution in [3.05, 3.63) is 57.3 Å². The summed E-state index contributed by atoms with van der Waals surface area (Å²) in [5.41, 5.74) is 2.64. The first-order chi connectivity index (χ1) is 13.4. The highest BCUT2D eigenvalue weighted by molar-refractivity contribution is 6.31. The molecule has 28 heavy (non-hydrogen) atoms. The molecule has 2 aromatic rings. The van der Waals surface area contributed by atoms with Gasteiger partial charge in [0.1, 0.15) is 23.9 Å². The summed E-state index contributed by atoms with van der Waals surface area (Å²) in [5, 5.41) is 0.513. The van der Waals surface area contributed by atoms with Crippen LogP contribution in [-0.4, -0.2) is 25.0 Å². The lowest BCUT2D eigenvalue weighted by Crippen LogP contribution is -2.12. The van der Waals surface area contributed by atoms with Crippen LogP contribution >= 0.6 is 11.6 Å². The molecule has 0 saturated heterocycles.